The molecule has 0 bridgehead atoms. The van der Waals surface area contributed by atoms with Crippen LogP contribution in [0.4, 0.5) is 0 Å². The second-order valence-electron chi connectivity index (χ2n) is 5.65. The Morgan fingerprint density at radius 1 is 1.29 bits per heavy atom. The number of esters is 1. The average molecular weight is 333 g/mol. The van der Waals surface area contributed by atoms with Crippen molar-refractivity contribution < 1.29 is 18.7 Å². The van der Waals surface area contributed by atoms with Crippen molar-refractivity contribution in [3.63, 3.8) is 0 Å². The minimum absolute atomic E-state index is 0.185. The van der Waals surface area contributed by atoms with Gasteiger partial charge in [0.2, 0.25) is 5.89 Å². The minimum Gasteiger partial charge on any atom is -0.465 e. The topological polar surface area (TPSA) is 97.2 Å². The van der Waals surface area contributed by atoms with Crippen molar-refractivity contribution in [3.05, 3.63) is 39.9 Å². The molecule has 0 unspecified atom stereocenters. The highest BCUT2D eigenvalue weighted by Crippen LogP contribution is 2.22. The fraction of sp³-hybridized carbons (Fsp3) is 0.471. The number of ether oxygens (including phenoxy) is 1. The van der Waals surface area contributed by atoms with Crippen molar-refractivity contribution in [1.82, 2.24) is 15.3 Å². The van der Waals surface area contributed by atoms with Gasteiger partial charge in [0.1, 0.15) is 11.5 Å². The molecule has 2 heterocycles. The van der Waals surface area contributed by atoms with E-state index in [1.807, 2.05) is 20.8 Å². The number of nitrogens with one attached hydrogen (secondary N) is 2. The number of amides is 1. The number of carbonyl (C=O) groups is 2. The van der Waals surface area contributed by atoms with Gasteiger partial charge < -0.3 is 19.5 Å². The fourth-order valence-electron chi connectivity index (χ4n) is 2.61. The number of oxazole rings is 1. The highest BCUT2D eigenvalue weighted by atomic mass is 16.5. The van der Waals surface area contributed by atoms with Crippen LogP contribution >= 0.6 is 0 Å². The van der Waals surface area contributed by atoms with Gasteiger partial charge in [-0.25, -0.2) is 9.78 Å². The molecule has 7 heteroatoms. The van der Waals surface area contributed by atoms with E-state index in [9.17, 15) is 9.59 Å². The number of nitrogens with zero attached hydrogens (tertiary/aromatic N) is 1. The maximum absolute atomic E-state index is 12.5. The maximum atomic E-state index is 12.5. The van der Waals surface area contributed by atoms with Gasteiger partial charge >= 0.3 is 5.97 Å². The first kappa shape index (κ1) is 17.8. The van der Waals surface area contributed by atoms with E-state index in [0.717, 1.165) is 17.9 Å². The largest absolute Gasteiger partial charge is 0.465 e. The number of aryl methyl sites for hydroxylation is 3. The number of carbonyl (C=O) groups excluding carboxylic acids is 2. The molecule has 0 saturated heterocycles. The zero-order valence-electron chi connectivity index (χ0n) is 14.7. The van der Waals surface area contributed by atoms with Crippen LogP contribution in [0, 0.1) is 20.8 Å². The Hall–Kier alpha value is -2.57. The molecular weight excluding hydrogens is 310 g/mol. The summed E-state index contributed by atoms with van der Waals surface area (Å²) < 4.78 is 10.3. The van der Waals surface area contributed by atoms with Crippen LogP contribution in [0.1, 0.15) is 62.8 Å². The Kier molecular flexibility index (Phi) is 5.43. The van der Waals surface area contributed by atoms with Crippen LogP contribution in [-0.2, 0) is 17.7 Å². The lowest BCUT2D eigenvalue weighted by atomic mass is 10.0. The second-order valence-corrected chi connectivity index (χ2v) is 5.65. The summed E-state index contributed by atoms with van der Waals surface area (Å²) in [6.45, 7) is 7.60. The van der Waals surface area contributed by atoms with Gasteiger partial charge in [0.25, 0.3) is 5.91 Å². The molecule has 0 saturated carbocycles. The van der Waals surface area contributed by atoms with Gasteiger partial charge in [-0.2, -0.15) is 0 Å². The van der Waals surface area contributed by atoms with E-state index in [2.05, 4.69) is 15.3 Å². The minimum atomic E-state index is -0.440. The van der Waals surface area contributed by atoms with E-state index in [-0.39, 0.29) is 12.5 Å². The number of hydrogen-bond donors (Lipinski definition) is 2. The first-order chi connectivity index (χ1) is 11.4. The fourth-order valence-corrected chi connectivity index (χ4v) is 2.61. The van der Waals surface area contributed by atoms with E-state index in [1.54, 1.807) is 6.92 Å². The maximum Gasteiger partial charge on any atom is 0.339 e. The molecule has 2 N–H and O–H groups in total. The molecule has 0 aromatic carbocycles. The summed E-state index contributed by atoms with van der Waals surface area (Å²) in [6, 6.07) is 0. The molecule has 2 aromatic heterocycles. The Morgan fingerprint density at radius 2 is 2.00 bits per heavy atom. The highest BCUT2D eigenvalue weighted by molar-refractivity contribution is 6.00. The Morgan fingerprint density at radius 3 is 2.54 bits per heavy atom. The molecule has 0 aliphatic heterocycles. The molecule has 1 amide bonds. The van der Waals surface area contributed by atoms with Crippen LogP contribution in [0.5, 0.6) is 0 Å². The van der Waals surface area contributed by atoms with E-state index < -0.39 is 5.97 Å². The summed E-state index contributed by atoms with van der Waals surface area (Å²) >= 11 is 0. The SMILES string of the molecule is CCCc1c(C(=O)NCc2nc(C)c(C)o2)[nH]c(C)c1C(=O)OC. The third kappa shape index (κ3) is 3.50. The number of methoxy groups -OCH3 is 1. The second kappa shape index (κ2) is 7.33. The number of H-pyrrole nitrogens is 1. The lowest BCUT2D eigenvalue weighted by molar-refractivity contribution is 0.0599. The van der Waals surface area contributed by atoms with Crippen LogP contribution < -0.4 is 5.32 Å². The van der Waals surface area contributed by atoms with Crippen molar-refractivity contribution in [2.75, 3.05) is 7.11 Å². The summed E-state index contributed by atoms with van der Waals surface area (Å²) in [6.07, 6.45) is 1.41. The Labute approximate surface area is 140 Å². The smallest absolute Gasteiger partial charge is 0.339 e. The number of rotatable bonds is 6. The number of hydrogen-bond acceptors (Lipinski definition) is 5. The molecule has 2 rings (SSSR count). The third-order valence-corrected chi connectivity index (χ3v) is 3.88. The number of aromatic nitrogens is 2. The van der Waals surface area contributed by atoms with E-state index >= 15 is 0 Å². The molecule has 0 spiro atoms. The average Bonchev–Trinajstić information content (AvgIpc) is 3.04. The first-order valence-electron chi connectivity index (χ1n) is 7.89. The van der Waals surface area contributed by atoms with Gasteiger partial charge in [0.15, 0.2) is 0 Å². The van der Waals surface area contributed by atoms with Crippen molar-refractivity contribution in [2.24, 2.45) is 0 Å². The quantitative estimate of drug-likeness (QED) is 0.792. The van der Waals surface area contributed by atoms with Crippen LogP contribution in [0.25, 0.3) is 0 Å². The van der Waals surface area contributed by atoms with Crippen molar-refractivity contribution >= 4 is 11.9 Å². The third-order valence-electron chi connectivity index (χ3n) is 3.88. The van der Waals surface area contributed by atoms with Gasteiger partial charge in [-0.3, -0.25) is 4.79 Å². The molecule has 0 aliphatic carbocycles. The molecule has 7 nitrogen and oxygen atoms in total. The van der Waals surface area contributed by atoms with Gasteiger partial charge in [-0.15, -0.1) is 0 Å². The predicted octanol–water partition coefficient (Wildman–Crippen LogP) is 2.60. The Balaban J connectivity index is 2.23. The van der Waals surface area contributed by atoms with Crippen molar-refractivity contribution in [3.8, 4) is 0 Å². The van der Waals surface area contributed by atoms with Crippen LogP contribution in [0.2, 0.25) is 0 Å². The Bertz CT molecular complexity index is 739. The van der Waals surface area contributed by atoms with Crippen LogP contribution in [-0.4, -0.2) is 29.0 Å². The lowest BCUT2D eigenvalue weighted by Gasteiger charge is -2.06. The molecule has 0 fully saturated rings. The standard InChI is InChI=1S/C17H23N3O4/c1-6-7-12-14(17(22)23-5)10(3)20-15(12)16(21)18-8-13-19-9(2)11(4)24-13/h20H,6-8H2,1-5H3,(H,18,21). The zero-order chi connectivity index (χ0) is 17.9. The van der Waals surface area contributed by atoms with Gasteiger partial charge in [0, 0.05) is 5.69 Å². The lowest BCUT2D eigenvalue weighted by Crippen LogP contribution is -2.24. The monoisotopic (exact) mass is 333 g/mol. The van der Waals surface area contributed by atoms with Gasteiger partial charge in [-0.05, 0) is 32.8 Å². The molecule has 0 aliphatic rings. The molecule has 130 valence electrons. The summed E-state index contributed by atoms with van der Waals surface area (Å²) in [5, 5.41) is 2.77. The molecule has 2 aromatic rings. The van der Waals surface area contributed by atoms with E-state index in [0.29, 0.717) is 34.8 Å². The first-order valence-corrected chi connectivity index (χ1v) is 7.89. The molecule has 24 heavy (non-hydrogen) atoms. The van der Waals surface area contributed by atoms with Crippen LogP contribution in [0.3, 0.4) is 0 Å². The van der Waals surface area contributed by atoms with Gasteiger partial charge in [-0.1, -0.05) is 13.3 Å². The number of aromatic amines is 1. The summed E-state index contributed by atoms with van der Waals surface area (Å²) in [4.78, 5) is 31.7. The normalized spacial score (nSPS) is 10.7. The molecule has 0 atom stereocenters. The van der Waals surface area contributed by atoms with Crippen molar-refractivity contribution in [1.29, 1.82) is 0 Å². The highest BCUT2D eigenvalue weighted by Gasteiger charge is 2.24. The van der Waals surface area contributed by atoms with Crippen LogP contribution in [0.15, 0.2) is 4.42 Å². The van der Waals surface area contributed by atoms with E-state index in [1.165, 1.54) is 7.11 Å². The van der Waals surface area contributed by atoms with E-state index in [4.69, 9.17) is 9.15 Å². The zero-order valence-corrected chi connectivity index (χ0v) is 14.7. The van der Waals surface area contributed by atoms with Crippen molar-refractivity contribution in [2.45, 2.75) is 47.1 Å². The summed E-state index contributed by atoms with van der Waals surface area (Å²) in [7, 11) is 1.33. The predicted molar refractivity (Wildman–Crippen MR) is 88.0 cm³/mol. The molecular formula is C17H23N3O4. The van der Waals surface area contributed by atoms with Gasteiger partial charge in [0.05, 0.1) is 24.9 Å². The summed E-state index contributed by atoms with van der Waals surface area (Å²) in [5.41, 5.74) is 2.93. The molecule has 0 radical (unpaired) electrons. The summed E-state index contributed by atoms with van der Waals surface area (Å²) in [5.74, 6) is 0.442.